The number of carbonyl (C=O) groups excluding carboxylic acids is 2. The average molecular weight is 353 g/mol. The minimum absolute atomic E-state index is 0.103. The van der Waals surface area contributed by atoms with Crippen molar-refractivity contribution in [1.29, 1.82) is 0 Å². The SMILES string of the molecule is CCCN(CCC)C(=O)Cc1csc(NC(=O)NC2CCCC2)n1. The van der Waals surface area contributed by atoms with E-state index >= 15 is 0 Å². The van der Waals surface area contributed by atoms with Crippen molar-refractivity contribution in [3.8, 4) is 0 Å². The monoisotopic (exact) mass is 352 g/mol. The zero-order valence-corrected chi connectivity index (χ0v) is 15.5. The van der Waals surface area contributed by atoms with E-state index in [1.54, 1.807) is 0 Å². The van der Waals surface area contributed by atoms with Crippen molar-refractivity contribution < 1.29 is 9.59 Å². The number of hydrogen-bond acceptors (Lipinski definition) is 4. The van der Waals surface area contributed by atoms with Crippen LogP contribution in [0.1, 0.15) is 58.1 Å². The molecule has 0 bridgehead atoms. The van der Waals surface area contributed by atoms with Crippen LogP contribution in [0.3, 0.4) is 0 Å². The number of rotatable bonds is 8. The van der Waals surface area contributed by atoms with Gasteiger partial charge in [0.1, 0.15) is 0 Å². The molecule has 0 aromatic carbocycles. The quantitative estimate of drug-likeness (QED) is 0.753. The van der Waals surface area contributed by atoms with Gasteiger partial charge in [0.05, 0.1) is 12.1 Å². The largest absolute Gasteiger partial charge is 0.342 e. The molecular weight excluding hydrogens is 324 g/mol. The first-order chi connectivity index (χ1) is 11.6. The standard InChI is InChI=1S/C17H28N4O2S/c1-3-9-21(10-4-2)15(22)11-14-12-24-17(19-14)20-16(23)18-13-7-5-6-8-13/h12-13H,3-11H2,1-2H3,(H2,18,19,20,23). The van der Waals surface area contributed by atoms with Gasteiger partial charge in [0.15, 0.2) is 5.13 Å². The van der Waals surface area contributed by atoms with Crippen LogP contribution in [-0.2, 0) is 11.2 Å². The van der Waals surface area contributed by atoms with Crippen LogP contribution in [0.5, 0.6) is 0 Å². The van der Waals surface area contributed by atoms with Crippen molar-refractivity contribution >= 4 is 28.4 Å². The number of carbonyl (C=O) groups is 2. The van der Waals surface area contributed by atoms with Crippen LogP contribution in [0.25, 0.3) is 0 Å². The Balaban J connectivity index is 1.83. The van der Waals surface area contributed by atoms with Gasteiger partial charge in [-0.3, -0.25) is 10.1 Å². The molecule has 0 atom stereocenters. The number of hydrogen-bond donors (Lipinski definition) is 2. The molecule has 1 fully saturated rings. The van der Waals surface area contributed by atoms with Crippen LogP contribution in [0.2, 0.25) is 0 Å². The summed E-state index contributed by atoms with van der Waals surface area (Å²) >= 11 is 1.36. The predicted molar refractivity (Wildman–Crippen MR) is 97.4 cm³/mol. The fourth-order valence-electron chi connectivity index (χ4n) is 3.00. The number of thiazole rings is 1. The van der Waals surface area contributed by atoms with E-state index in [0.717, 1.165) is 44.5 Å². The maximum absolute atomic E-state index is 12.3. The molecule has 0 spiro atoms. The minimum Gasteiger partial charge on any atom is -0.342 e. The highest BCUT2D eigenvalue weighted by Crippen LogP contribution is 2.19. The molecule has 0 aliphatic heterocycles. The molecule has 24 heavy (non-hydrogen) atoms. The number of urea groups is 1. The Kier molecular flexibility index (Phi) is 7.49. The van der Waals surface area contributed by atoms with Crippen LogP contribution >= 0.6 is 11.3 Å². The highest BCUT2D eigenvalue weighted by molar-refractivity contribution is 7.13. The molecule has 6 nitrogen and oxygen atoms in total. The molecule has 7 heteroatoms. The Hall–Kier alpha value is -1.63. The lowest BCUT2D eigenvalue weighted by Gasteiger charge is -2.20. The molecule has 1 saturated carbocycles. The molecule has 2 N–H and O–H groups in total. The van der Waals surface area contributed by atoms with Gasteiger partial charge in [-0.1, -0.05) is 26.7 Å². The van der Waals surface area contributed by atoms with Crippen molar-refractivity contribution in [2.24, 2.45) is 0 Å². The third-order valence-electron chi connectivity index (χ3n) is 4.13. The first-order valence-electron chi connectivity index (χ1n) is 8.92. The van der Waals surface area contributed by atoms with Crippen molar-refractivity contribution in [1.82, 2.24) is 15.2 Å². The third-order valence-corrected chi connectivity index (χ3v) is 4.94. The molecule has 1 aliphatic carbocycles. The number of aromatic nitrogens is 1. The van der Waals surface area contributed by atoms with Crippen LogP contribution < -0.4 is 10.6 Å². The Labute approximate surface area is 148 Å². The van der Waals surface area contributed by atoms with E-state index < -0.39 is 0 Å². The van der Waals surface area contributed by atoms with Gasteiger partial charge in [0, 0.05) is 24.5 Å². The van der Waals surface area contributed by atoms with Gasteiger partial charge < -0.3 is 10.2 Å². The van der Waals surface area contributed by atoms with E-state index in [-0.39, 0.29) is 18.0 Å². The first-order valence-corrected chi connectivity index (χ1v) is 9.80. The summed E-state index contributed by atoms with van der Waals surface area (Å²) in [5.41, 5.74) is 0.721. The average Bonchev–Trinajstić information content (AvgIpc) is 3.19. The molecule has 1 aliphatic rings. The van der Waals surface area contributed by atoms with E-state index in [1.807, 2.05) is 10.3 Å². The van der Waals surface area contributed by atoms with E-state index in [2.05, 4.69) is 29.5 Å². The van der Waals surface area contributed by atoms with Gasteiger partial charge in [-0.2, -0.15) is 0 Å². The van der Waals surface area contributed by atoms with Crippen LogP contribution in [-0.4, -0.2) is 41.0 Å². The predicted octanol–water partition coefficient (Wildman–Crippen LogP) is 3.40. The number of nitrogens with one attached hydrogen (secondary N) is 2. The van der Waals surface area contributed by atoms with Crippen LogP contribution in [0.4, 0.5) is 9.93 Å². The van der Waals surface area contributed by atoms with Crippen molar-refractivity contribution in [3.63, 3.8) is 0 Å². The highest BCUT2D eigenvalue weighted by atomic mass is 32.1. The van der Waals surface area contributed by atoms with Crippen molar-refractivity contribution in [3.05, 3.63) is 11.1 Å². The van der Waals surface area contributed by atoms with Crippen LogP contribution in [0, 0.1) is 0 Å². The minimum atomic E-state index is -0.201. The molecule has 134 valence electrons. The molecular formula is C17H28N4O2S. The number of amides is 3. The second kappa shape index (κ2) is 9.61. The van der Waals surface area contributed by atoms with Crippen molar-refractivity contribution in [2.45, 2.75) is 64.8 Å². The lowest BCUT2D eigenvalue weighted by Crippen LogP contribution is -2.36. The molecule has 2 rings (SSSR count). The molecule has 0 saturated heterocycles. The molecule has 0 unspecified atom stereocenters. The Morgan fingerprint density at radius 2 is 1.92 bits per heavy atom. The lowest BCUT2D eigenvalue weighted by molar-refractivity contribution is -0.130. The maximum Gasteiger partial charge on any atom is 0.321 e. The van der Waals surface area contributed by atoms with E-state index in [9.17, 15) is 9.59 Å². The van der Waals surface area contributed by atoms with Crippen LogP contribution in [0.15, 0.2) is 5.38 Å². The maximum atomic E-state index is 12.3. The number of nitrogens with zero attached hydrogens (tertiary/aromatic N) is 2. The zero-order chi connectivity index (χ0) is 17.4. The number of anilines is 1. The summed E-state index contributed by atoms with van der Waals surface area (Å²) in [6.07, 6.45) is 6.67. The summed E-state index contributed by atoms with van der Waals surface area (Å²) in [5.74, 6) is 0.103. The summed E-state index contributed by atoms with van der Waals surface area (Å²) in [5, 5.41) is 8.14. The third kappa shape index (κ3) is 5.78. The van der Waals surface area contributed by atoms with Gasteiger partial charge in [-0.05, 0) is 25.7 Å². The van der Waals surface area contributed by atoms with E-state index in [0.29, 0.717) is 11.6 Å². The summed E-state index contributed by atoms with van der Waals surface area (Å²) in [4.78, 5) is 30.5. The second-order valence-corrected chi connectivity index (χ2v) is 7.14. The van der Waals surface area contributed by atoms with Gasteiger partial charge in [0.25, 0.3) is 0 Å². The molecule has 3 amide bonds. The summed E-state index contributed by atoms with van der Waals surface area (Å²) in [6.45, 7) is 5.71. The van der Waals surface area contributed by atoms with Gasteiger partial charge in [-0.15, -0.1) is 11.3 Å². The van der Waals surface area contributed by atoms with E-state index in [1.165, 1.54) is 24.2 Å². The fourth-order valence-corrected chi connectivity index (χ4v) is 3.71. The Morgan fingerprint density at radius 3 is 2.54 bits per heavy atom. The molecule has 1 aromatic heterocycles. The lowest BCUT2D eigenvalue weighted by atomic mass is 10.2. The second-order valence-electron chi connectivity index (χ2n) is 6.28. The van der Waals surface area contributed by atoms with Gasteiger partial charge in [0.2, 0.25) is 5.91 Å². The molecule has 1 heterocycles. The Morgan fingerprint density at radius 1 is 1.25 bits per heavy atom. The van der Waals surface area contributed by atoms with Gasteiger partial charge in [-0.25, -0.2) is 9.78 Å². The van der Waals surface area contributed by atoms with Crippen molar-refractivity contribution in [2.75, 3.05) is 18.4 Å². The summed E-state index contributed by atoms with van der Waals surface area (Å²) in [7, 11) is 0. The normalized spacial score (nSPS) is 14.6. The molecule has 0 radical (unpaired) electrons. The molecule has 1 aromatic rings. The smallest absolute Gasteiger partial charge is 0.321 e. The summed E-state index contributed by atoms with van der Waals surface area (Å²) < 4.78 is 0. The first kappa shape index (κ1) is 18.7. The highest BCUT2D eigenvalue weighted by Gasteiger charge is 2.18. The zero-order valence-electron chi connectivity index (χ0n) is 14.6. The Bertz CT molecular complexity index is 534. The summed E-state index contributed by atoms with van der Waals surface area (Å²) in [6, 6.07) is 0.0791. The topological polar surface area (TPSA) is 74.3 Å². The van der Waals surface area contributed by atoms with E-state index in [4.69, 9.17) is 0 Å². The van der Waals surface area contributed by atoms with Gasteiger partial charge >= 0.3 is 6.03 Å². The fraction of sp³-hybridized carbons (Fsp3) is 0.706.